The van der Waals surface area contributed by atoms with E-state index in [2.05, 4.69) is 91.8 Å². The summed E-state index contributed by atoms with van der Waals surface area (Å²) in [6, 6.07) is 22.3. The van der Waals surface area contributed by atoms with Gasteiger partial charge in [0.15, 0.2) is 0 Å². The van der Waals surface area contributed by atoms with Crippen LogP contribution in [0.2, 0.25) is 17.3 Å². The average molecular weight is 403 g/mol. The molecule has 0 aliphatic carbocycles. The van der Waals surface area contributed by atoms with E-state index in [0.717, 1.165) is 11.2 Å². The molecule has 0 spiro atoms. The predicted molar refractivity (Wildman–Crippen MR) is 116 cm³/mol. The molecule has 1 aromatic heterocycles. The molecule has 0 N–H and O–H groups in total. The molecule has 0 aliphatic rings. The van der Waals surface area contributed by atoms with Gasteiger partial charge < -0.3 is 0 Å². The Morgan fingerprint density at radius 3 is 2.23 bits per heavy atom. The van der Waals surface area contributed by atoms with Gasteiger partial charge in [0.25, 0.3) is 0 Å². The second-order valence-corrected chi connectivity index (χ2v) is 19.2. The Morgan fingerprint density at radius 2 is 1.50 bits per heavy atom. The SMILES string of the molecule is CC(C)c1cccc(-c2ccc3oc4c[c]([Ge]([CH3])([CH3])[CH3])ccc4c3c2)c1. The van der Waals surface area contributed by atoms with E-state index in [0.29, 0.717) is 5.92 Å². The first-order chi connectivity index (χ1) is 12.3. The van der Waals surface area contributed by atoms with Crippen molar-refractivity contribution in [2.24, 2.45) is 0 Å². The van der Waals surface area contributed by atoms with Crippen LogP contribution in [0.15, 0.2) is 65.1 Å². The normalized spacial score (nSPS) is 12.4. The summed E-state index contributed by atoms with van der Waals surface area (Å²) >= 11 is -1.85. The maximum absolute atomic E-state index is 6.17. The summed E-state index contributed by atoms with van der Waals surface area (Å²) in [5, 5.41) is 2.43. The topological polar surface area (TPSA) is 13.1 Å². The van der Waals surface area contributed by atoms with Crippen molar-refractivity contribution in [2.45, 2.75) is 37.0 Å². The zero-order valence-electron chi connectivity index (χ0n) is 16.3. The Bertz CT molecular complexity index is 1100. The molecule has 132 valence electrons. The van der Waals surface area contributed by atoms with E-state index in [-0.39, 0.29) is 0 Å². The van der Waals surface area contributed by atoms with Gasteiger partial charge in [-0.25, -0.2) is 0 Å². The van der Waals surface area contributed by atoms with Gasteiger partial charge in [-0.15, -0.1) is 0 Å². The molecule has 1 heterocycles. The molecule has 0 unspecified atom stereocenters. The minimum absolute atomic E-state index is 0.537. The van der Waals surface area contributed by atoms with Crippen LogP contribution in [0, 0.1) is 0 Å². The Labute approximate surface area is 158 Å². The van der Waals surface area contributed by atoms with Crippen molar-refractivity contribution in [2.75, 3.05) is 0 Å². The van der Waals surface area contributed by atoms with Gasteiger partial charge in [-0.2, -0.15) is 0 Å². The quantitative estimate of drug-likeness (QED) is 0.339. The second kappa shape index (κ2) is 6.31. The third-order valence-corrected chi connectivity index (χ3v) is 9.51. The molecule has 3 aromatic carbocycles. The molecule has 0 saturated carbocycles. The van der Waals surface area contributed by atoms with Crippen molar-refractivity contribution in [1.29, 1.82) is 0 Å². The Hall–Kier alpha value is -2.00. The van der Waals surface area contributed by atoms with Crippen molar-refractivity contribution in [1.82, 2.24) is 0 Å². The van der Waals surface area contributed by atoms with E-state index in [1.54, 1.807) is 0 Å². The summed E-state index contributed by atoms with van der Waals surface area (Å²) in [6.45, 7) is 4.48. The molecule has 1 nitrogen and oxygen atoms in total. The van der Waals surface area contributed by atoms with Crippen molar-refractivity contribution >= 4 is 39.6 Å². The number of furan rings is 1. The van der Waals surface area contributed by atoms with Gasteiger partial charge in [0.2, 0.25) is 0 Å². The third-order valence-electron chi connectivity index (χ3n) is 5.22. The molecule has 26 heavy (non-hydrogen) atoms. The first-order valence-corrected chi connectivity index (χ1v) is 16.7. The summed E-state index contributed by atoms with van der Waals surface area (Å²) in [6.07, 6.45) is 0. The van der Waals surface area contributed by atoms with E-state index in [1.807, 2.05) is 0 Å². The number of hydrogen-bond donors (Lipinski definition) is 0. The molecule has 2 heteroatoms. The Balaban J connectivity index is 1.87. The molecule has 4 rings (SSSR count). The van der Waals surface area contributed by atoms with Gasteiger partial charge in [-0.05, 0) is 0 Å². The third kappa shape index (κ3) is 3.09. The number of hydrogen-bond acceptors (Lipinski definition) is 1. The Kier molecular flexibility index (Phi) is 4.23. The van der Waals surface area contributed by atoms with Crippen LogP contribution in [0.25, 0.3) is 33.1 Å². The summed E-state index contributed by atoms with van der Waals surface area (Å²) < 4.78 is 7.66. The summed E-state index contributed by atoms with van der Waals surface area (Å²) in [5.41, 5.74) is 5.89. The fourth-order valence-corrected chi connectivity index (χ4v) is 5.91. The fourth-order valence-electron chi connectivity index (χ4n) is 3.50. The maximum atomic E-state index is 6.17. The van der Waals surface area contributed by atoms with Crippen LogP contribution in [0.4, 0.5) is 0 Å². The van der Waals surface area contributed by atoms with Gasteiger partial charge >= 0.3 is 158 Å². The van der Waals surface area contributed by atoms with Crippen LogP contribution in [0.5, 0.6) is 0 Å². The molecule has 0 radical (unpaired) electrons. The second-order valence-electron chi connectivity index (χ2n) is 8.55. The van der Waals surface area contributed by atoms with Crippen LogP contribution in [0.3, 0.4) is 0 Å². The van der Waals surface area contributed by atoms with Crippen LogP contribution in [0.1, 0.15) is 25.3 Å². The molecule has 0 bridgehead atoms. The van der Waals surface area contributed by atoms with Crippen molar-refractivity contribution in [3.05, 3.63) is 66.2 Å². The van der Waals surface area contributed by atoms with E-state index >= 15 is 0 Å². The van der Waals surface area contributed by atoms with E-state index in [1.165, 1.54) is 31.9 Å². The first-order valence-electron chi connectivity index (χ1n) is 9.40. The van der Waals surface area contributed by atoms with E-state index in [4.69, 9.17) is 4.42 Å². The molecule has 0 fully saturated rings. The molecule has 0 aliphatic heterocycles. The minimum atomic E-state index is -1.85. The van der Waals surface area contributed by atoms with Gasteiger partial charge in [-0.3, -0.25) is 0 Å². The average Bonchev–Trinajstić information content (AvgIpc) is 2.98. The van der Waals surface area contributed by atoms with Gasteiger partial charge in [0.05, 0.1) is 0 Å². The summed E-state index contributed by atoms with van der Waals surface area (Å²) in [4.78, 5) is 0. The van der Waals surface area contributed by atoms with Crippen LogP contribution < -0.4 is 4.40 Å². The van der Waals surface area contributed by atoms with E-state index in [9.17, 15) is 0 Å². The van der Waals surface area contributed by atoms with Gasteiger partial charge in [0.1, 0.15) is 0 Å². The first kappa shape index (κ1) is 17.4. The number of benzene rings is 3. The van der Waals surface area contributed by atoms with E-state index < -0.39 is 13.3 Å². The van der Waals surface area contributed by atoms with Crippen LogP contribution in [-0.2, 0) is 0 Å². The molecular formula is C24H26GeO. The number of rotatable bonds is 3. The summed E-state index contributed by atoms with van der Waals surface area (Å²) in [7, 11) is 0. The zero-order chi connectivity index (χ0) is 18.5. The standard InChI is InChI=1S/C24H26GeO/c1-16(2)17-7-6-8-18(13-17)19-9-12-23-22(14-19)21-11-10-20(25(3,4)5)15-24(21)26-23/h6-16H,1-5H3. The van der Waals surface area contributed by atoms with Crippen LogP contribution >= 0.6 is 0 Å². The van der Waals surface area contributed by atoms with Crippen molar-refractivity contribution in [3.8, 4) is 11.1 Å². The molecule has 0 amide bonds. The van der Waals surface area contributed by atoms with Crippen LogP contribution in [-0.4, -0.2) is 13.3 Å². The van der Waals surface area contributed by atoms with Gasteiger partial charge in [-0.1, -0.05) is 0 Å². The molecular weight excluding hydrogens is 377 g/mol. The van der Waals surface area contributed by atoms with Gasteiger partial charge in [0, 0.05) is 0 Å². The number of fused-ring (bicyclic) bond motifs is 3. The molecule has 0 atom stereocenters. The zero-order valence-corrected chi connectivity index (χ0v) is 18.4. The predicted octanol–water partition coefficient (Wildman–Crippen LogP) is 6.92. The Morgan fingerprint density at radius 1 is 0.731 bits per heavy atom. The van der Waals surface area contributed by atoms with Crippen molar-refractivity contribution < 1.29 is 4.42 Å². The van der Waals surface area contributed by atoms with Crippen molar-refractivity contribution in [3.63, 3.8) is 0 Å². The summed E-state index contributed by atoms with van der Waals surface area (Å²) in [5.74, 6) is 7.80. The molecule has 4 aromatic rings. The molecule has 0 saturated heterocycles. The fraction of sp³-hybridized carbons (Fsp3) is 0.250. The monoisotopic (exact) mass is 404 g/mol.